The molecule has 116 valence electrons. The number of rotatable bonds is 6. The molecule has 2 rings (SSSR count). The summed E-state index contributed by atoms with van der Waals surface area (Å²) in [4.78, 5) is 12.1. The summed E-state index contributed by atoms with van der Waals surface area (Å²) in [6, 6.07) is 15.6. The standard InChI is InChI=1S/C17H17F2NO2/c1-12(13-6-3-2-4-7-13)11-20-16(21)14-8-5-9-15(10-14)22-17(18)19/h2-10,12,17H,11H2,1H3,(H,20,21). The van der Waals surface area contributed by atoms with Crippen molar-refractivity contribution in [1.29, 1.82) is 0 Å². The van der Waals surface area contributed by atoms with Crippen molar-refractivity contribution < 1.29 is 18.3 Å². The van der Waals surface area contributed by atoms with E-state index in [4.69, 9.17) is 0 Å². The fourth-order valence-corrected chi connectivity index (χ4v) is 2.06. The molecule has 0 aromatic heterocycles. The number of hydrogen-bond acceptors (Lipinski definition) is 2. The lowest BCUT2D eigenvalue weighted by atomic mass is 10.0. The second-order valence-corrected chi connectivity index (χ2v) is 4.93. The molecule has 0 saturated carbocycles. The molecule has 0 heterocycles. The van der Waals surface area contributed by atoms with Gasteiger partial charge in [0, 0.05) is 12.1 Å². The van der Waals surface area contributed by atoms with E-state index in [-0.39, 0.29) is 17.6 Å². The summed E-state index contributed by atoms with van der Waals surface area (Å²) in [5.74, 6) is -0.188. The number of carbonyl (C=O) groups excluding carboxylic acids is 1. The fraction of sp³-hybridized carbons (Fsp3) is 0.235. The molecule has 0 radical (unpaired) electrons. The third-order valence-electron chi connectivity index (χ3n) is 3.26. The molecule has 3 nitrogen and oxygen atoms in total. The monoisotopic (exact) mass is 305 g/mol. The summed E-state index contributed by atoms with van der Waals surface area (Å²) in [7, 11) is 0. The molecule has 5 heteroatoms. The van der Waals surface area contributed by atoms with Gasteiger partial charge in [-0.25, -0.2) is 0 Å². The molecule has 0 aliphatic heterocycles. The highest BCUT2D eigenvalue weighted by molar-refractivity contribution is 5.94. The molecule has 2 aromatic carbocycles. The Bertz CT molecular complexity index is 617. The molecule has 1 amide bonds. The smallest absolute Gasteiger partial charge is 0.387 e. The van der Waals surface area contributed by atoms with Gasteiger partial charge in [0.05, 0.1) is 0 Å². The lowest BCUT2D eigenvalue weighted by molar-refractivity contribution is -0.0498. The van der Waals surface area contributed by atoms with Gasteiger partial charge in [0.2, 0.25) is 0 Å². The summed E-state index contributed by atoms with van der Waals surface area (Å²) in [6.45, 7) is -0.439. The van der Waals surface area contributed by atoms with Gasteiger partial charge < -0.3 is 10.1 Å². The summed E-state index contributed by atoms with van der Waals surface area (Å²) in [5.41, 5.74) is 1.41. The van der Waals surface area contributed by atoms with Crippen LogP contribution in [0.2, 0.25) is 0 Å². The largest absolute Gasteiger partial charge is 0.435 e. The summed E-state index contributed by atoms with van der Waals surface area (Å²) in [6.07, 6.45) is 0. The van der Waals surface area contributed by atoms with Crippen LogP contribution in [0.1, 0.15) is 28.8 Å². The SMILES string of the molecule is CC(CNC(=O)c1cccc(OC(F)F)c1)c1ccccc1. The molecular weight excluding hydrogens is 288 g/mol. The molecule has 22 heavy (non-hydrogen) atoms. The minimum Gasteiger partial charge on any atom is -0.435 e. The van der Waals surface area contributed by atoms with Gasteiger partial charge in [-0.1, -0.05) is 43.3 Å². The molecule has 0 spiro atoms. The van der Waals surface area contributed by atoms with Crippen molar-refractivity contribution in [3.8, 4) is 5.75 Å². The summed E-state index contributed by atoms with van der Waals surface area (Å²) >= 11 is 0. The first-order valence-electron chi connectivity index (χ1n) is 6.94. The van der Waals surface area contributed by atoms with E-state index in [1.54, 1.807) is 6.07 Å². The number of nitrogens with one attached hydrogen (secondary N) is 1. The highest BCUT2D eigenvalue weighted by atomic mass is 19.3. The normalized spacial score (nSPS) is 12.0. The van der Waals surface area contributed by atoms with Crippen molar-refractivity contribution in [2.45, 2.75) is 19.5 Å². The molecule has 0 aliphatic carbocycles. The molecule has 0 saturated heterocycles. The highest BCUT2D eigenvalue weighted by Crippen LogP contribution is 2.17. The maximum Gasteiger partial charge on any atom is 0.387 e. The summed E-state index contributed by atoms with van der Waals surface area (Å²) < 4.78 is 28.6. The van der Waals surface area contributed by atoms with Crippen LogP contribution in [0.3, 0.4) is 0 Å². The van der Waals surface area contributed by atoms with E-state index in [1.807, 2.05) is 37.3 Å². The Morgan fingerprint density at radius 3 is 2.55 bits per heavy atom. The van der Waals surface area contributed by atoms with Gasteiger partial charge in [-0.2, -0.15) is 8.78 Å². The van der Waals surface area contributed by atoms with Gasteiger partial charge >= 0.3 is 6.61 Å². The predicted octanol–water partition coefficient (Wildman–Crippen LogP) is 3.82. The third-order valence-corrected chi connectivity index (χ3v) is 3.26. The Hall–Kier alpha value is -2.43. The van der Waals surface area contributed by atoms with Gasteiger partial charge in [0.1, 0.15) is 5.75 Å². The molecule has 1 unspecified atom stereocenters. The van der Waals surface area contributed by atoms with Crippen molar-refractivity contribution in [1.82, 2.24) is 5.32 Å². The van der Waals surface area contributed by atoms with Crippen LogP contribution in [0.25, 0.3) is 0 Å². The first-order chi connectivity index (χ1) is 10.6. The third kappa shape index (κ3) is 4.55. The molecule has 0 aliphatic rings. The van der Waals surface area contributed by atoms with Crippen LogP contribution < -0.4 is 10.1 Å². The number of carbonyl (C=O) groups is 1. The quantitative estimate of drug-likeness (QED) is 0.881. The Balaban J connectivity index is 1.95. The minimum atomic E-state index is -2.91. The lowest BCUT2D eigenvalue weighted by Gasteiger charge is -2.13. The van der Waals surface area contributed by atoms with Crippen molar-refractivity contribution in [3.63, 3.8) is 0 Å². The van der Waals surface area contributed by atoms with Crippen LogP contribution in [0, 0.1) is 0 Å². The topological polar surface area (TPSA) is 38.3 Å². The molecule has 0 bridgehead atoms. The predicted molar refractivity (Wildman–Crippen MR) is 80.3 cm³/mol. The van der Waals surface area contributed by atoms with E-state index in [9.17, 15) is 13.6 Å². The van der Waals surface area contributed by atoms with E-state index in [2.05, 4.69) is 10.1 Å². The molecular formula is C17H17F2NO2. The van der Waals surface area contributed by atoms with Crippen molar-refractivity contribution in [3.05, 3.63) is 65.7 Å². The van der Waals surface area contributed by atoms with Gasteiger partial charge in [-0.05, 0) is 29.7 Å². The Labute approximate surface area is 127 Å². The molecule has 2 aromatic rings. The van der Waals surface area contributed by atoms with Gasteiger partial charge in [-0.15, -0.1) is 0 Å². The average Bonchev–Trinajstić information content (AvgIpc) is 2.52. The van der Waals surface area contributed by atoms with Gasteiger partial charge in [0.25, 0.3) is 5.91 Å². The number of amides is 1. The van der Waals surface area contributed by atoms with E-state index in [0.29, 0.717) is 12.1 Å². The zero-order chi connectivity index (χ0) is 15.9. The van der Waals surface area contributed by atoms with E-state index in [1.165, 1.54) is 18.2 Å². The Morgan fingerprint density at radius 1 is 1.14 bits per heavy atom. The summed E-state index contributed by atoms with van der Waals surface area (Å²) in [5, 5.41) is 2.80. The highest BCUT2D eigenvalue weighted by Gasteiger charge is 2.11. The second kappa shape index (κ2) is 7.54. The van der Waals surface area contributed by atoms with Crippen LogP contribution in [0.5, 0.6) is 5.75 Å². The fourth-order valence-electron chi connectivity index (χ4n) is 2.06. The van der Waals surface area contributed by atoms with Crippen molar-refractivity contribution in [2.24, 2.45) is 0 Å². The first-order valence-corrected chi connectivity index (χ1v) is 6.94. The number of ether oxygens (including phenoxy) is 1. The number of alkyl halides is 2. The Kier molecular flexibility index (Phi) is 5.47. The minimum absolute atomic E-state index is 0.0289. The van der Waals surface area contributed by atoms with Crippen LogP contribution in [-0.4, -0.2) is 19.1 Å². The van der Waals surface area contributed by atoms with Gasteiger partial charge in [-0.3, -0.25) is 4.79 Å². The van der Waals surface area contributed by atoms with Crippen molar-refractivity contribution >= 4 is 5.91 Å². The van der Waals surface area contributed by atoms with E-state index >= 15 is 0 Å². The van der Waals surface area contributed by atoms with Crippen LogP contribution in [0.4, 0.5) is 8.78 Å². The number of halogens is 2. The lowest BCUT2D eigenvalue weighted by Crippen LogP contribution is -2.27. The first kappa shape index (κ1) is 15.9. The number of hydrogen-bond donors (Lipinski definition) is 1. The van der Waals surface area contributed by atoms with Gasteiger partial charge in [0.15, 0.2) is 0 Å². The second-order valence-electron chi connectivity index (χ2n) is 4.93. The Morgan fingerprint density at radius 2 is 1.86 bits per heavy atom. The van der Waals surface area contributed by atoms with E-state index < -0.39 is 6.61 Å². The zero-order valence-electron chi connectivity index (χ0n) is 12.1. The van der Waals surface area contributed by atoms with Crippen molar-refractivity contribution in [2.75, 3.05) is 6.54 Å². The number of benzene rings is 2. The van der Waals surface area contributed by atoms with Crippen LogP contribution >= 0.6 is 0 Å². The zero-order valence-corrected chi connectivity index (χ0v) is 12.1. The molecule has 1 N–H and O–H groups in total. The maximum atomic E-state index is 12.2. The molecule has 0 fully saturated rings. The van der Waals surface area contributed by atoms with Crippen LogP contribution in [0.15, 0.2) is 54.6 Å². The maximum absolute atomic E-state index is 12.2. The van der Waals surface area contributed by atoms with Crippen LogP contribution in [-0.2, 0) is 0 Å². The average molecular weight is 305 g/mol. The van der Waals surface area contributed by atoms with E-state index in [0.717, 1.165) is 5.56 Å². The molecule has 1 atom stereocenters.